The Labute approximate surface area is 128 Å². The summed E-state index contributed by atoms with van der Waals surface area (Å²) in [6.07, 6.45) is 0.299. The molecular weight excluding hydrogens is 292 g/mol. The number of thiazole rings is 1. The number of ether oxygens (including phenoxy) is 2. The number of aromatic nitrogens is 1. The Morgan fingerprint density at radius 2 is 1.95 bits per heavy atom. The van der Waals surface area contributed by atoms with Gasteiger partial charge in [0.1, 0.15) is 5.60 Å². The molecule has 1 N–H and O–H groups in total. The van der Waals surface area contributed by atoms with Crippen LogP contribution in [0.25, 0.3) is 0 Å². The van der Waals surface area contributed by atoms with E-state index < -0.39 is 11.7 Å². The van der Waals surface area contributed by atoms with E-state index in [0.29, 0.717) is 17.4 Å². The van der Waals surface area contributed by atoms with E-state index in [4.69, 9.17) is 9.47 Å². The first kappa shape index (κ1) is 17.4. The number of esters is 1. The van der Waals surface area contributed by atoms with E-state index in [1.807, 2.05) is 6.92 Å². The number of hydrogen-bond donors (Lipinski definition) is 1. The minimum atomic E-state index is -0.567. The molecule has 1 aromatic heterocycles. The molecular formula is C14H22N2O4S. The van der Waals surface area contributed by atoms with E-state index >= 15 is 0 Å². The van der Waals surface area contributed by atoms with Gasteiger partial charge in [-0.15, -0.1) is 11.3 Å². The molecule has 118 valence electrons. The van der Waals surface area contributed by atoms with Crippen molar-refractivity contribution >= 4 is 28.5 Å². The Hall–Kier alpha value is -1.63. The van der Waals surface area contributed by atoms with Gasteiger partial charge < -0.3 is 9.47 Å². The summed E-state index contributed by atoms with van der Waals surface area (Å²) in [4.78, 5) is 28.5. The third-order valence-electron chi connectivity index (χ3n) is 2.32. The summed E-state index contributed by atoms with van der Waals surface area (Å²) in [5.41, 5.74) is 0.0786. The largest absolute Gasteiger partial charge is 0.466 e. The van der Waals surface area contributed by atoms with Crippen LogP contribution in [0, 0.1) is 0 Å². The van der Waals surface area contributed by atoms with Crippen LogP contribution in [-0.2, 0) is 27.1 Å². The van der Waals surface area contributed by atoms with Crippen LogP contribution in [0.5, 0.6) is 0 Å². The van der Waals surface area contributed by atoms with Gasteiger partial charge in [-0.1, -0.05) is 6.92 Å². The minimum Gasteiger partial charge on any atom is -0.466 e. The maximum atomic E-state index is 11.7. The lowest BCUT2D eigenvalue weighted by atomic mass is 10.2. The fraction of sp³-hybridized carbons (Fsp3) is 0.643. The maximum Gasteiger partial charge on any atom is 0.413 e. The highest BCUT2D eigenvalue weighted by Gasteiger charge is 2.19. The second-order valence-corrected chi connectivity index (χ2v) is 6.43. The number of amides is 1. The minimum absolute atomic E-state index is 0.115. The first-order valence-corrected chi connectivity index (χ1v) is 7.71. The van der Waals surface area contributed by atoms with Crippen LogP contribution in [0.15, 0.2) is 0 Å². The van der Waals surface area contributed by atoms with Crippen molar-refractivity contribution in [3.05, 3.63) is 10.6 Å². The van der Waals surface area contributed by atoms with Gasteiger partial charge in [-0.25, -0.2) is 9.78 Å². The average Bonchev–Trinajstić information content (AvgIpc) is 2.68. The van der Waals surface area contributed by atoms with Crippen LogP contribution in [0.1, 0.15) is 45.2 Å². The third-order valence-corrected chi connectivity index (χ3v) is 3.48. The summed E-state index contributed by atoms with van der Waals surface area (Å²) >= 11 is 1.34. The lowest BCUT2D eigenvalue weighted by Gasteiger charge is -2.18. The number of carbonyl (C=O) groups excluding carboxylic acids is 2. The van der Waals surface area contributed by atoms with Crippen molar-refractivity contribution in [2.75, 3.05) is 11.9 Å². The van der Waals surface area contributed by atoms with Crippen LogP contribution >= 0.6 is 11.3 Å². The zero-order chi connectivity index (χ0) is 16.0. The fourth-order valence-electron chi connectivity index (χ4n) is 1.59. The molecule has 1 aromatic rings. The van der Waals surface area contributed by atoms with Crippen molar-refractivity contribution in [1.29, 1.82) is 0 Å². The average molecular weight is 314 g/mol. The Morgan fingerprint density at radius 3 is 2.48 bits per heavy atom. The van der Waals surface area contributed by atoms with Crippen LogP contribution in [0.3, 0.4) is 0 Å². The van der Waals surface area contributed by atoms with Gasteiger partial charge in [0, 0.05) is 4.88 Å². The van der Waals surface area contributed by atoms with Gasteiger partial charge in [0.2, 0.25) is 0 Å². The molecule has 0 unspecified atom stereocenters. The van der Waals surface area contributed by atoms with Gasteiger partial charge in [-0.2, -0.15) is 0 Å². The molecule has 0 bridgehead atoms. The second kappa shape index (κ2) is 7.40. The lowest BCUT2D eigenvalue weighted by Crippen LogP contribution is -2.27. The van der Waals surface area contributed by atoms with Crippen LogP contribution in [0.2, 0.25) is 0 Å². The van der Waals surface area contributed by atoms with Gasteiger partial charge in [-0.3, -0.25) is 10.1 Å². The molecule has 1 amide bonds. The summed E-state index contributed by atoms with van der Waals surface area (Å²) in [6.45, 7) is 9.44. The predicted octanol–water partition coefficient (Wildman–Crippen LogP) is 3.16. The van der Waals surface area contributed by atoms with E-state index in [1.165, 1.54) is 11.3 Å². The Morgan fingerprint density at radius 1 is 1.29 bits per heavy atom. The highest BCUT2D eigenvalue weighted by Crippen LogP contribution is 2.25. The van der Waals surface area contributed by atoms with E-state index in [9.17, 15) is 9.59 Å². The topological polar surface area (TPSA) is 77.5 Å². The molecule has 0 aliphatic rings. The van der Waals surface area contributed by atoms with Crippen molar-refractivity contribution in [3.63, 3.8) is 0 Å². The van der Waals surface area contributed by atoms with Crippen LogP contribution < -0.4 is 5.32 Å². The number of carbonyl (C=O) groups is 2. The summed E-state index contributed by atoms with van der Waals surface area (Å²) in [5, 5.41) is 3.02. The van der Waals surface area contributed by atoms with Gasteiger partial charge in [0.25, 0.3) is 0 Å². The van der Waals surface area contributed by atoms with Gasteiger partial charge in [-0.05, 0) is 34.1 Å². The van der Waals surface area contributed by atoms with Crippen molar-refractivity contribution in [2.45, 2.75) is 53.1 Å². The number of aryl methyl sites for hydroxylation is 1. The van der Waals surface area contributed by atoms with E-state index in [0.717, 1.165) is 11.3 Å². The maximum absolute atomic E-state index is 11.7. The molecule has 7 heteroatoms. The smallest absolute Gasteiger partial charge is 0.413 e. The molecule has 1 rings (SSSR count). The molecule has 0 fully saturated rings. The Balaban J connectivity index is 2.75. The molecule has 1 heterocycles. The summed E-state index contributed by atoms with van der Waals surface area (Å²) < 4.78 is 10.1. The highest BCUT2D eigenvalue weighted by molar-refractivity contribution is 7.15. The molecule has 6 nitrogen and oxygen atoms in total. The molecule has 0 aromatic carbocycles. The van der Waals surface area contributed by atoms with Gasteiger partial charge in [0.05, 0.1) is 18.7 Å². The van der Waals surface area contributed by atoms with Crippen LogP contribution in [-0.4, -0.2) is 29.3 Å². The third kappa shape index (κ3) is 6.12. The molecule has 0 radical (unpaired) electrons. The van der Waals surface area contributed by atoms with E-state index in [2.05, 4.69) is 10.3 Å². The molecule has 0 aliphatic heterocycles. The molecule has 21 heavy (non-hydrogen) atoms. The summed E-state index contributed by atoms with van der Waals surface area (Å²) in [5.74, 6) is -0.318. The SMILES string of the molecule is CCOC(=O)Cc1nc(NC(=O)OC(C)(C)C)sc1CC. The van der Waals surface area contributed by atoms with Crippen molar-refractivity contribution < 1.29 is 19.1 Å². The Bertz CT molecular complexity index is 506. The normalized spacial score (nSPS) is 11.1. The number of anilines is 1. The van der Waals surface area contributed by atoms with Crippen LogP contribution in [0.4, 0.5) is 9.93 Å². The predicted molar refractivity (Wildman–Crippen MR) is 81.7 cm³/mol. The summed E-state index contributed by atoms with van der Waals surface area (Å²) in [6, 6.07) is 0. The van der Waals surface area contributed by atoms with Crippen molar-refractivity contribution in [3.8, 4) is 0 Å². The first-order chi connectivity index (χ1) is 9.75. The molecule has 0 aliphatic carbocycles. The number of rotatable bonds is 5. The van der Waals surface area contributed by atoms with Crippen molar-refractivity contribution in [2.24, 2.45) is 0 Å². The monoisotopic (exact) mass is 314 g/mol. The molecule has 0 saturated heterocycles. The van der Waals surface area contributed by atoms with E-state index in [-0.39, 0.29) is 12.4 Å². The Kier molecular flexibility index (Phi) is 6.14. The quantitative estimate of drug-likeness (QED) is 0.845. The first-order valence-electron chi connectivity index (χ1n) is 6.89. The molecule has 0 saturated carbocycles. The van der Waals surface area contributed by atoms with E-state index in [1.54, 1.807) is 27.7 Å². The lowest BCUT2D eigenvalue weighted by molar-refractivity contribution is -0.142. The zero-order valence-corrected chi connectivity index (χ0v) is 13.9. The number of hydrogen-bond acceptors (Lipinski definition) is 6. The summed E-state index contributed by atoms with van der Waals surface area (Å²) in [7, 11) is 0. The number of nitrogens with zero attached hydrogens (tertiary/aromatic N) is 1. The molecule has 0 spiro atoms. The molecule has 0 atom stereocenters. The second-order valence-electron chi connectivity index (χ2n) is 5.35. The fourth-order valence-corrected chi connectivity index (χ4v) is 2.49. The highest BCUT2D eigenvalue weighted by atomic mass is 32.1. The van der Waals surface area contributed by atoms with Gasteiger partial charge in [0.15, 0.2) is 5.13 Å². The number of nitrogens with one attached hydrogen (secondary N) is 1. The van der Waals surface area contributed by atoms with Crippen molar-refractivity contribution in [1.82, 2.24) is 4.98 Å². The standard InChI is InChI=1S/C14H22N2O4S/c1-6-10-9(8-11(17)19-7-2)15-12(21-10)16-13(18)20-14(3,4)5/h6-8H2,1-5H3,(H,15,16,18). The van der Waals surface area contributed by atoms with Gasteiger partial charge >= 0.3 is 12.1 Å². The zero-order valence-electron chi connectivity index (χ0n) is 13.1.